The van der Waals surface area contributed by atoms with Crippen molar-refractivity contribution in [3.05, 3.63) is 73.1 Å². The number of carbonyl (C=O) groups is 1. The van der Waals surface area contributed by atoms with Crippen LogP contribution >= 0.6 is 11.8 Å². The summed E-state index contributed by atoms with van der Waals surface area (Å²) in [6.45, 7) is 1.82. The fraction of sp³-hybridized carbons (Fsp3) is 0.105. The number of amides is 1. The van der Waals surface area contributed by atoms with Gasteiger partial charge in [0.15, 0.2) is 5.16 Å². The minimum atomic E-state index is -0.303. The van der Waals surface area contributed by atoms with Crippen LogP contribution in [0.15, 0.2) is 78.2 Å². The molecule has 0 fully saturated rings. The van der Waals surface area contributed by atoms with E-state index in [2.05, 4.69) is 15.3 Å². The van der Waals surface area contributed by atoms with Gasteiger partial charge in [-0.3, -0.25) is 4.79 Å². The highest BCUT2D eigenvalue weighted by Crippen LogP contribution is 2.24. The van der Waals surface area contributed by atoms with Gasteiger partial charge in [0.05, 0.1) is 5.25 Å². The van der Waals surface area contributed by atoms with E-state index >= 15 is 0 Å². The number of anilines is 1. The number of hydrogen-bond acceptors (Lipinski definition) is 5. The Morgan fingerprint density at radius 1 is 0.960 bits per heavy atom. The molecule has 25 heavy (non-hydrogen) atoms. The third-order valence-corrected chi connectivity index (χ3v) is 4.28. The third-order valence-electron chi connectivity index (χ3n) is 3.29. The van der Waals surface area contributed by atoms with Crippen molar-refractivity contribution in [3.8, 4) is 11.5 Å². The zero-order valence-corrected chi connectivity index (χ0v) is 14.4. The van der Waals surface area contributed by atoms with E-state index in [1.807, 2.05) is 61.5 Å². The molecular formula is C19H17N3O2S. The molecule has 5 nitrogen and oxygen atoms in total. The van der Waals surface area contributed by atoms with E-state index in [0.717, 1.165) is 5.75 Å². The van der Waals surface area contributed by atoms with Crippen molar-refractivity contribution in [3.63, 3.8) is 0 Å². The molecular weight excluding hydrogens is 334 g/mol. The standard InChI is InChI=1S/C19H17N3O2S/c1-14(25-19-20-12-5-13-21-19)18(23)22-15-8-10-17(11-9-15)24-16-6-3-2-4-7-16/h2-14H,1H3,(H,22,23)/t14-/m1/s1. The maximum absolute atomic E-state index is 12.3. The second-order valence-corrected chi connectivity index (χ2v) is 6.53. The van der Waals surface area contributed by atoms with Crippen LogP contribution in [0.4, 0.5) is 5.69 Å². The molecule has 126 valence electrons. The van der Waals surface area contributed by atoms with Crippen LogP contribution in [0.3, 0.4) is 0 Å². The predicted octanol–water partition coefficient (Wildman–Crippen LogP) is 4.39. The first-order valence-corrected chi connectivity index (χ1v) is 8.66. The molecule has 6 heteroatoms. The van der Waals surface area contributed by atoms with Gasteiger partial charge in [-0.2, -0.15) is 0 Å². The summed E-state index contributed by atoms with van der Waals surface area (Å²) in [7, 11) is 0. The SMILES string of the molecule is C[C@@H](Sc1ncccn1)C(=O)Nc1ccc(Oc2ccccc2)cc1. The molecule has 0 saturated carbocycles. The number of para-hydroxylation sites is 1. The average molecular weight is 351 g/mol. The maximum atomic E-state index is 12.3. The summed E-state index contributed by atoms with van der Waals surface area (Å²) in [4.78, 5) is 20.5. The Hall–Kier alpha value is -2.86. The van der Waals surface area contributed by atoms with E-state index in [1.165, 1.54) is 11.8 Å². The summed E-state index contributed by atoms with van der Waals surface area (Å²) in [6.07, 6.45) is 3.32. The van der Waals surface area contributed by atoms with E-state index in [9.17, 15) is 4.79 Å². The lowest BCUT2D eigenvalue weighted by Gasteiger charge is -2.11. The van der Waals surface area contributed by atoms with Crippen molar-refractivity contribution in [2.75, 3.05) is 5.32 Å². The van der Waals surface area contributed by atoms with E-state index in [1.54, 1.807) is 18.5 Å². The molecule has 0 aliphatic heterocycles. The van der Waals surface area contributed by atoms with Gasteiger partial charge in [-0.05, 0) is 49.4 Å². The minimum Gasteiger partial charge on any atom is -0.457 e. The molecule has 3 rings (SSSR count). The van der Waals surface area contributed by atoms with Crippen molar-refractivity contribution in [2.45, 2.75) is 17.3 Å². The molecule has 0 bridgehead atoms. The van der Waals surface area contributed by atoms with Gasteiger partial charge in [0.1, 0.15) is 11.5 Å². The van der Waals surface area contributed by atoms with E-state index in [-0.39, 0.29) is 11.2 Å². The number of nitrogens with one attached hydrogen (secondary N) is 1. The second-order valence-electron chi connectivity index (χ2n) is 5.22. The summed E-state index contributed by atoms with van der Waals surface area (Å²) in [5.74, 6) is 1.38. The molecule has 0 saturated heterocycles. The molecule has 0 spiro atoms. The van der Waals surface area contributed by atoms with Crippen molar-refractivity contribution >= 4 is 23.4 Å². The maximum Gasteiger partial charge on any atom is 0.237 e. The topological polar surface area (TPSA) is 64.1 Å². The molecule has 1 aromatic heterocycles. The van der Waals surface area contributed by atoms with Gasteiger partial charge in [0.25, 0.3) is 0 Å². The van der Waals surface area contributed by atoms with Crippen LogP contribution in [-0.4, -0.2) is 21.1 Å². The summed E-state index contributed by atoms with van der Waals surface area (Å²) < 4.78 is 5.73. The second kappa shape index (κ2) is 8.30. The third kappa shape index (κ3) is 5.06. The van der Waals surface area contributed by atoms with Crippen molar-refractivity contribution in [1.82, 2.24) is 9.97 Å². The quantitative estimate of drug-likeness (QED) is 0.527. The van der Waals surface area contributed by atoms with Crippen LogP contribution in [-0.2, 0) is 4.79 Å². The van der Waals surface area contributed by atoms with Crippen LogP contribution in [0, 0.1) is 0 Å². The van der Waals surface area contributed by atoms with E-state index in [0.29, 0.717) is 16.6 Å². The normalized spacial score (nSPS) is 11.6. The smallest absolute Gasteiger partial charge is 0.237 e. The lowest BCUT2D eigenvalue weighted by molar-refractivity contribution is -0.115. The van der Waals surface area contributed by atoms with Gasteiger partial charge in [-0.25, -0.2) is 9.97 Å². The lowest BCUT2D eigenvalue weighted by Crippen LogP contribution is -2.22. The highest BCUT2D eigenvalue weighted by atomic mass is 32.2. The number of nitrogens with zero attached hydrogens (tertiary/aromatic N) is 2. The van der Waals surface area contributed by atoms with Crippen LogP contribution in [0.2, 0.25) is 0 Å². The Kier molecular flexibility index (Phi) is 5.64. The van der Waals surface area contributed by atoms with Crippen LogP contribution in [0.5, 0.6) is 11.5 Å². The van der Waals surface area contributed by atoms with Gasteiger partial charge in [0, 0.05) is 18.1 Å². The van der Waals surface area contributed by atoms with E-state index in [4.69, 9.17) is 4.74 Å². The molecule has 0 aliphatic carbocycles. The summed E-state index contributed by atoms with van der Waals surface area (Å²) >= 11 is 1.32. The number of benzene rings is 2. The largest absolute Gasteiger partial charge is 0.457 e. The molecule has 1 heterocycles. The first kappa shape index (κ1) is 17.0. The molecule has 1 atom stereocenters. The molecule has 0 unspecified atom stereocenters. The Morgan fingerprint density at radius 2 is 1.60 bits per heavy atom. The summed E-state index contributed by atoms with van der Waals surface area (Å²) in [5.41, 5.74) is 0.715. The van der Waals surface area contributed by atoms with Gasteiger partial charge in [0.2, 0.25) is 5.91 Å². The van der Waals surface area contributed by atoms with Crippen LogP contribution in [0.1, 0.15) is 6.92 Å². The number of rotatable bonds is 6. The monoisotopic (exact) mass is 351 g/mol. The summed E-state index contributed by atoms with van der Waals surface area (Å²) in [5, 5.41) is 3.16. The fourth-order valence-electron chi connectivity index (χ4n) is 2.03. The van der Waals surface area contributed by atoms with Crippen LogP contribution < -0.4 is 10.1 Å². The van der Waals surface area contributed by atoms with E-state index < -0.39 is 0 Å². The lowest BCUT2D eigenvalue weighted by atomic mass is 10.3. The number of carbonyl (C=O) groups excluding carboxylic acids is 1. The Balaban J connectivity index is 1.56. The summed E-state index contributed by atoms with van der Waals surface area (Å²) in [6, 6.07) is 18.6. The van der Waals surface area contributed by atoms with Crippen molar-refractivity contribution in [2.24, 2.45) is 0 Å². The minimum absolute atomic E-state index is 0.103. The zero-order chi connectivity index (χ0) is 17.5. The Labute approximate surface area is 150 Å². The van der Waals surface area contributed by atoms with Crippen molar-refractivity contribution < 1.29 is 9.53 Å². The van der Waals surface area contributed by atoms with Crippen LogP contribution in [0.25, 0.3) is 0 Å². The zero-order valence-electron chi connectivity index (χ0n) is 13.6. The number of thioether (sulfide) groups is 1. The Bertz CT molecular complexity index is 811. The molecule has 2 aromatic carbocycles. The number of ether oxygens (including phenoxy) is 1. The molecule has 1 amide bonds. The van der Waals surface area contributed by atoms with Gasteiger partial charge < -0.3 is 10.1 Å². The fourth-order valence-corrected chi connectivity index (χ4v) is 2.76. The van der Waals surface area contributed by atoms with Gasteiger partial charge in [-0.1, -0.05) is 30.0 Å². The molecule has 0 radical (unpaired) electrons. The predicted molar refractivity (Wildman–Crippen MR) is 98.9 cm³/mol. The number of aromatic nitrogens is 2. The molecule has 3 aromatic rings. The molecule has 1 N–H and O–H groups in total. The van der Waals surface area contributed by atoms with Crippen molar-refractivity contribution in [1.29, 1.82) is 0 Å². The average Bonchev–Trinajstić information content (AvgIpc) is 2.65. The van der Waals surface area contributed by atoms with Gasteiger partial charge >= 0.3 is 0 Å². The highest BCUT2D eigenvalue weighted by molar-refractivity contribution is 8.00. The Morgan fingerprint density at radius 3 is 2.28 bits per heavy atom. The van der Waals surface area contributed by atoms with Gasteiger partial charge in [-0.15, -0.1) is 0 Å². The molecule has 0 aliphatic rings. The first-order chi connectivity index (χ1) is 12.2. The first-order valence-electron chi connectivity index (χ1n) is 7.78. The highest BCUT2D eigenvalue weighted by Gasteiger charge is 2.15. The number of hydrogen-bond donors (Lipinski definition) is 1.